The van der Waals surface area contributed by atoms with Gasteiger partial charge in [-0.25, -0.2) is 4.98 Å². The second-order valence-corrected chi connectivity index (χ2v) is 7.69. The summed E-state index contributed by atoms with van der Waals surface area (Å²) in [5.74, 6) is 1.79. The molecular formula is C24H30N2. The summed E-state index contributed by atoms with van der Waals surface area (Å²) in [5, 5.41) is 0. The van der Waals surface area contributed by atoms with Crippen molar-refractivity contribution < 1.29 is 0 Å². The molecule has 3 aromatic rings. The second-order valence-electron chi connectivity index (χ2n) is 7.69. The highest BCUT2D eigenvalue weighted by atomic mass is 15.1. The molecule has 1 unspecified atom stereocenters. The molecule has 2 heteroatoms. The standard InChI is InChI=1S/C24H30N2/c1-18(2)8-7-9-19(3)16-17-26-23-11-6-5-10-22(23)25-24(26)21-14-12-20(4)13-15-21/h5-6,8,10-15,19H,7,9,16-17H2,1-4H3. The number of aromatic nitrogens is 2. The van der Waals surface area contributed by atoms with Gasteiger partial charge in [0.15, 0.2) is 0 Å². The molecule has 1 atom stereocenters. The van der Waals surface area contributed by atoms with Crippen molar-refractivity contribution in [3.05, 3.63) is 65.7 Å². The van der Waals surface area contributed by atoms with Gasteiger partial charge in [0.25, 0.3) is 0 Å². The van der Waals surface area contributed by atoms with Gasteiger partial charge in [-0.3, -0.25) is 0 Å². The summed E-state index contributed by atoms with van der Waals surface area (Å²) in [6, 6.07) is 17.2. The number of aryl methyl sites for hydroxylation is 2. The fourth-order valence-electron chi connectivity index (χ4n) is 3.38. The Morgan fingerprint density at radius 3 is 2.50 bits per heavy atom. The SMILES string of the molecule is CC(C)=CCCC(C)CCn1c(-c2ccc(C)cc2)nc2ccccc21. The smallest absolute Gasteiger partial charge is 0.141 e. The molecule has 136 valence electrons. The van der Waals surface area contributed by atoms with Gasteiger partial charge in [0, 0.05) is 12.1 Å². The maximum Gasteiger partial charge on any atom is 0.141 e. The number of rotatable bonds is 7. The quantitative estimate of drug-likeness (QED) is 0.431. The largest absolute Gasteiger partial charge is 0.324 e. The lowest BCUT2D eigenvalue weighted by Gasteiger charge is -2.14. The first kappa shape index (κ1) is 18.4. The van der Waals surface area contributed by atoms with Crippen molar-refractivity contribution in [1.82, 2.24) is 9.55 Å². The summed E-state index contributed by atoms with van der Waals surface area (Å²) in [6.45, 7) is 9.86. The minimum Gasteiger partial charge on any atom is -0.324 e. The van der Waals surface area contributed by atoms with Crippen LogP contribution in [0.15, 0.2) is 60.2 Å². The van der Waals surface area contributed by atoms with Gasteiger partial charge in [0.2, 0.25) is 0 Å². The van der Waals surface area contributed by atoms with E-state index < -0.39 is 0 Å². The zero-order valence-corrected chi connectivity index (χ0v) is 16.5. The zero-order valence-electron chi connectivity index (χ0n) is 16.5. The van der Waals surface area contributed by atoms with Crippen molar-refractivity contribution in [3.8, 4) is 11.4 Å². The van der Waals surface area contributed by atoms with Crippen LogP contribution in [0.3, 0.4) is 0 Å². The fourth-order valence-corrected chi connectivity index (χ4v) is 3.38. The molecule has 0 spiro atoms. The van der Waals surface area contributed by atoms with Gasteiger partial charge in [-0.1, -0.05) is 60.5 Å². The molecule has 0 fully saturated rings. The summed E-state index contributed by atoms with van der Waals surface area (Å²) < 4.78 is 2.40. The Morgan fingerprint density at radius 1 is 1.04 bits per heavy atom. The van der Waals surface area contributed by atoms with Crippen LogP contribution in [0.25, 0.3) is 22.4 Å². The van der Waals surface area contributed by atoms with Gasteiger partial charge in [0.1, 0.15) is 5.82 Å². The molecule has 0 N–H and O–H groups in total. The molecule has 26 heavy (non-hydrogen) atoms. The summed E-state index contributed by atoms with van der Waals surface area (Å²) >= 11 is 0. The summed E-state index contributed by atoms with van der Waals surface area (Å²) in [5.41, 5.74) is 6.22. The molecular weight excluding hydrogens is 316 g/mol. The van der Waals surface area contributed by atoms with Crippen LogP contribution in [0.4, 0.5) is 0 Å². The lowest BCUT2D eigenvalue weighted by molar-refractivity contribution is 0.460. The number of para-hydroxylation sites is 2. The second kappa shape index (κ2) is 8.35. The third-order valence-corrected chi connectivity index (χ3v) is 5.02. The van der Waals surface area contributed by atoms with Crippen LogP contribution in [-0.4, -0.2) is 9.55 Å². The van der Waals surface area contributed by atoms with Crippen LogP contribution in [0.5, 0.6) is 0 Å². The first-order valence-electron chi connectivity index (χ1n) is 9.70. The highest BCUT2D eigenvalue weighted by Gasteiger charge is 2.13. The normalized spacial score (nSPS) is 12.3. The van der Waals surface area contributed by atoms with E-state index in [1.165, 1.54) is 41.5 Å². The minimum atomic E-state index is 0.706. The van der Waals surface area contributed by atoms with Gasteiger partial charge in [0.05, 0.1) is 11.0 Å². The number of hydrogen-bond acceptors (Lipinski definition) is 1. The monoisotopic (exact) mass is 346 g/mol. The van der Waals surface area contributed by atoms with Crippen LogP contribution >= 0.6 is 0 Å². The van der Waals surface area contributed by atoms with Crippen molar-refractivity contribution >= 4 is 11.0 Å². The van der Waals surface area contributed by atoms with Crippen LogP contribution in [0, 0.1) is 12.8 Å². The lowest BCUT2D eigenvalue weighted by atomic mass is 10.0. The van der Waals surface area contributed by atoms with Gasteiger partial charge < -0.3 is 4.57 Å². The van der Waals surface area contributed by atoms with E-state index in [1.54, 1.807) is 0 Å². The third kappa shape index (κ3) is 4.43. The van der Waals surface area contributed by atoms with Crippen LogP contribution in [0.1, 0.15) is 45.6 Å². The average Bonchev–Trinajstić information content (AvgIpc) is 2.99. The summed E-state index contributed by atoms with van der Waals surface area (Å²) in [4.78, 5) is 4.93. The molecule has 0 bridgehead atoms. The van der Waals surface area contributed by atoms with E-state index in [9.17, 15) is 0 Å². The van der Waals surface area contributed by atoms with E-state index in [0.717, 1.165) is 17.9 Å². The Hall–Kier alpha value is -2.35. The van der Waals surface area contributed by atoms with E-state index in [2.05, 4.69) is 86.9 Å². The number of imidazole rings is 1. The van der Waals surface area contributed by atoms with E-state index in [0.29, 0.717) is 5.92 Å². The van der Waals surface area contributed by atoms with Crippen LogP contribution in [-0.2, 0) is 6.54 Å². The van der Waals surface area contributed by atoms with E-state index in [-0.39, 0.29) is 0 Å². The predicted octanol–water partition coefficient (Wildman–Crippen LogP) is 6.78. The molecule has 0 aliphatic heterocycles. The van der Waals surface area contributed by atoms with E-state index in [4.69, 9.17) is 4.98 Å². The van der Waals surface area contributed by atoms with Gasteiger partial charge in [-0.2, -0.15) is 0 Å². The Morgan fingerprint density at radius 2 is 1.77 bits per heavy atom. The number of nitrogens with zero attached hydrogens (tertiary/aromatic N) is 2. The van der Waals surface area contributed by atoms with Crippen LogP contribution in [0.2, 0.25) is 0 Å². The molecule has 0 radical (unpaired) electrons. The van der Waals surface area contributed by atoms with Gasteiger partial charge in [-0.15, -0.1) is 0 Å². The highest BCUT2D eigenvalue weighted by molar-refractivity contribution is 5.80. The van der Waals surface area contributed by atoms with Crippen LogP contribution < -0.4 is 0 Å². The molecule has 2 aromatic carbocycles. The van der Waals surface area contributed by atoms with E-state index >= 15 is 0 Å². The summed E-state index contributed by atoms with van der Waals surface area (Å²) in [6.07, 6.45) is 5.95. The van der Waals surface area contributed by atoms with Crippen molar-refractivity contribution in [2.24, 2.45) is 5.92 Å². The van der Waals surface area contributed by atoms with Crippen molar-refractivity contribution in [1.29, 1.82) is 0 Å². The van der Waals surface area contributed by atoms with Crippen molar-refractivity contribution in [3.63, 3.8) is 0 Å². The molecule has 1 aromatic heterocycles. The number of hydrogen-bond donors (Lipinski definition) is 0. The van der Waals surface area contributed by atoms with Gasteiger partial charge in [-0.05, 0) is 58.1 Å². The maximum atomic E-state index is 4.93. The molecule has 0 aliphatic rings. The van der Waals surface area contributed by atoms with E-state index in [1.807, 2.05) is 0 Å². The third-order valence-electron chi connectivity index (χ3n) is 5.02. The Balaban J connectivity index is 1.83. The number of allylic oxidation sites excluding steroid dienone is 2. The molecule has 0 saturated heterocycles. The first-order valence-corrected chi connectivity index (χ1v) is 9.70. The maximum absolute atomic E-state index is 4.93. The predicted molar refractivity (Wildman–Crippen MR) is 112 cm³/mol. The number of benzene rings is 2. The highest BCUT2D eigenvalue weighted by Crippen LogP contribution is 2.26. The molecule has 2 nitrogen and oxygen atoms in total. The molecule has 0 amide bonds. The Kier molecular flexibility index (Phi) is 5.92. The zero-order chi connectivity index (χ0) is 18.5. The lowest BCUT2D eigenvalue weighted by Crippen LogP contribution is -2.05. The average molecular weight is 347 g/mol. The van der Waals surface area contributed by atoms with Gasteiger partial charge >= 0.3 is 0 Å². The topological polar surface area (TPSA) is 17.8 Å². The fraction of sp³-hybridized carbons (Fsp3) is 0.375. The molecule has 3 rings (SSSR count). The van der Waals surface area contributed by atoms with Crippen molar-refractivity contribution in [2.45, 2.75) is 53.5 Å². The molecule has 0 saturated carbocycles. The minimum absolute atomic E-state index is 0.706. The number of fused-ring (bicyclic) bond motifs is 1. The molecule has 0 aliphatic carbocycles. The molecule has 1 heterocycles. The first-order chi connectivity index (χ1) is 12.5. The Labute approximate surface area is 157 Å². The summed E-state index contributed by atoms with van der Waals surface area (Å²) in [7, 11) is 0. The Bertz CT molecular complexity index is 880. The van der Waals surface area contributed by atoms with Crippen molar-refractivity contribution in [2.75, 3.05) is 0 Å².